The maximum atomic E-state index is 13.1. The third kappa shape index (κ3) is 2.27. The smallest absolute Gasteiger partial charge is 0.167 e. The van der Waals surface area contributed by atoms with Crippen molar-refractivity contribution in [2.24, 2.45) is 0 Å². The van der Waals surface area contributed by atoms with Crippen LogP contribution in [0.2, 0.25) is 0 Å². The molecule has 3 aromatic rings. The molecule has 1 aromatic carbocycles. The summed E-state index contributed by atoms with van der Waals surface area (Å²) in [6.45, 7) is 1.80. The number of pyridine rings is 1. The number of carbonyl (C=O) groups is 1. The fraction of sp³-hybridized carbons (Fsp3) is 0.125. The highest BCUT2D eigenvalue weighted by Gasteiger charge is 2.19. The maximum Gasteiger partial charge on any atom is 0.167 e. The molecule has 106 valence electrons. The highest BCUT2D eigenvalue weighted by Crippen LogP contribution is 2.28. The van der Waals surface area contributed by atoms with Gasteiger partial charge in [-0.1, -0.05) is 6.92 Å². The first-order valence-electron chi connectivity index (χ1n) is 6.67. The van der Waals surface area contributed by atoms with Crippen LogP contribution in [-0.4, -0.2) is 15.4 Å². The number of hydrogen-bond acceptors (Lipinski definition) is 3. The lowest BCUT2D eigenvalue weighted by atomic mass is 10.0. The average molecular weight is 283 g/mol. The van der Waals surface area contributed by atoms with Crippen molar-refractivity contribution >= 4 is 17.0 Å². The highest BCUT2D eigenvalue weighted by atomic mass is 19.1. The lowest BCUT2D eigenvalue weighted by molar-refractivity contribution is 0.0990. The third-order valence-electron chi connectivity index (χ3n) is 3.37. The van der Waals surface area contributed by atoms with Crippen molar-refractivity contribution in [3.05, 3.63) is 54.0 Å². The van der Waals surface area contributed by atoms with Crippen LogP contribution in [0.25, 0.3) is 16.8 Å². The van der Waals surface area contributed by atoms with Gasteiger partial charge in [0.1, 0.15) is 11.5 Å². The Bertz CT molecular complexity index is 821. The summed E-state index contributed by atoms with van der Waals surface area (Å²) in [6.07, 6.45) is 2.04. The van der Waals surface area contributed by atoms with E-state index in [-0.39, 0.29) is 11.6 Å². The SMILES string of the molecule is CCC(=O)c1c(-c2ccc(F)cc2)nn2cc(N)ccc12. The van der Waals surface area contributed by atoms with Gasteiger partial charge in [-0.3, -0.25) is 4.79 Å². The molecule has 3 rings (SSSR count). The van der Waals surface area contributed by atoms with Crippen molar-refractivity contribution in [2.75, 3.05) is 5.73 Å². The fourth-order valence-corrected chi connectivity index (χ4v) is 2.33. The van der Waals surface area contributed by atoms with E-state index in [1.165, 1.54) is 12.1 Å². The van der Waals surface area contributed by atoms with E-state index >= 15 is 0 Å². The summed E-state index contributed by atoms with van der Waals surface area (Å²) in [5.74, 6) is -0.329. The number of hydrogen-bond donors (Lipinski definition) is 1. The Hall–Kier alpha value is -2.69. The second-order valence-corrected chi connectivity index (χ2v) is 4.80. The number of Topliss-reactive ketones (excluding diaryl/α,β-unsaturated/α-hetero) is 1. The van der Waals surface area contributed by atoms with E-state index in [1.54, 1.807) is 41.9 Å². The molecule has 2 aromatic heterocycles. The van der Waals surface area contributed by atoms with E-state index < -0.39 is 0 Å². The Morgan fingerprint density at radius 2 is 1.95 bits per heavy atom. The zero-order valence-corrected chi connectivity index (χ0v) is 11.5. The van der Waals surface area contributed by atoms with Gasteiger partial charge in [0.25, 0.3) is 0 Å². The fourth-order valence-electron chi connectivity index (χ4n) is 2.33. The summed E-state index contributed by atoms with van der Waals surface area (Å²) >= 11 is 0. The predicted molar refractivity (Wildman–Crippen MR) is 79.6 cm³/mol. The molecule has 4 nitrogen and oxygen atoms in total. The maximum absolute atomic E-state index is 13.1. The van der Waals surface area contributed by atoms with Crippen molar-refractivity contribution in [1.82, 2.24) is 9.61 Å². The lowest BCUT2D eigenvalue weighted by Gasteiger charge is -2.01. The van der Waals surface area contributed by atoms with Crippen molar-refractivity contribution in [2.45, 2.75) is 13.3 Å². The second-order valence-electron chi connectivity index (χ2n) is 4.80. The number of aromatic nitrogens is 2. The van der Waals surface area contributed by atoms with Crippen LogP contribution in [0.4, 0.5) is 10.1 Å². The minimum atomic E-state index is -0.324. The standard InChI is InChI=1S/C16H14FN3O/c1-2-14(21)15-13-8-7-12(18)9-20(13)19-16(15)10-3-5-11(17)6-4-10/h3-9H,2,18H2,1H3. The number of nitrogen functional groups attached to an aromatic ring is 1. The van der Waals surface area contributed by atoms with E-state index in [0.29, 0.717) is 34.4 Å². The first kappa shape index (κ1) is 13.3. The summed E-state index contributed by atoms with van der Waals surface area (Å²) in [6, 6.07) is 9.46. The van der Waals surface area contributed by atoms with Crippen LogP contribution >= 0.6 is 0 Å². The average Bonchev–Trinajstić information content (AvgIpc) is 2.85. The van der Waals surface area contributed by atoms with Gasteiger partial charge in [-0.25, -0.2) is 8.91 Å². The summed E-state index contributed by atoms with van der Waals surface area (Å²) in [5, 5.41) is 4.44. The number of ketones is 1. The van der Waals surface area contributed by atoms with Gasteiger partial charge in [0, 0.05) is 12.0 Å². The van der Waals surface area contributed by atoms with Crippen LogP contribution in [-0.2, 0) is 0 Å². The Kier molecular flexibility index (Phi) is 3.17. The molecule has 0 fully saturated rings. The molecule has 2 N–H and O–H groups in total. The molecule has 2 heterocycles. The molecular weight excluding hydrogens is 269 g/mol. The largest absolute Gasteiger partial charge is 0.397 e. The topological polar surface area (TPSA) is 60.4 Å². The Morgan fingerprint density at radius 3 is 2.62 bits per heavy atom. The molecule has 0 aliphatic heterocycles. The second kappa shape index (κ2) is 5.01. The quantitative estimate of drug-likeness (QED) is 0.750. The first-order valence-corrected chi connectivity index (χ1v) is 6.67. The van der Waals surface area contributed by atoms with Gasteiger partial charge in [-0.2, -0.15) is 5.10 Å². The molecule has 0 amide bonds. The number of nitrogens with two attached hydrogens (primary N) is 1. The number of benzene rings is 1. The lowest BCUT2D eigenvalue weighted by Crippen LogP contribution is -1.98. The Morgan fingerprint density at radius 1 is 1.24 bits per heavy atom. The van der Waals surface area contributed by atoms with Gasteiger partial charge >= 0.3 is 0 Å². The molecule has 0 saturated heterocycles. The summed E-state index contributed by atoms with van der Waals surface area (Å²) in [5.41, 5.74) is 8.82. The number of carbonyl (C=O) groups excluding carboxylic acids is 1. The molecule has 5 heteroatoms. The molecule has 0 atom stereocenters. The molecule has 21 heavy (non-hydrogen) atoms. The molecule has 0 saturated carbocycles. The van der Waals surface area contributed by atoms with E-state index in [0.717, 1.165) is 0 Å². The molecule has 0 spiro atoms. The number of fused-ring (bicyclic) bond motifs is 1. The molecule has 0 radical (unpaired) electrons. The van der Waals surface area contributed by atoms with E-state index in [9.17, 15) is 9.18 Å². The van der Waals surface area contributed by atoms with Crippen molar-refractivity contribution in [3.63, 3.8) is 0 Å². The van der Waals surface area contributed by atoms with Crippen LogP contribution in [0.3, 0.4) is 0 Å². The van der Waals surface area contributed by atoms with Crippen LogP contribution in [0.1, 0.15) is 23.7 Å². The van der Waals surface area contributed by atoms with Crippen LogP contribution in [0, 0.1) is 5.82 Å². The number of rotatable bonds is 3. The van der Waals surface area contributed by atoms with Crippen LogP contribution in [0.5, 0.6) is 0 Å². The van der Waals surface area contributed by atoms with Crippen LogP contribution < -0.4 is 5.73 Å². The van der Waals surface area contributed by atoms with Crippen molar-refractivity contribution < 1.29 is 9.18 Å². The van der Waals surface area contributed by atoms with E-state index in [4.69, 9.17) is 5.73 Å². The summed E-state index contributed by atoms with van der Waals surface area (Å²) in [4.78, 5) is 12.3. The van der Waals surface area contributed by atoms with Gasteiger partial charge in [0.15, 0.2) is 5.78 Å². The normalized spacial score (nSPS) is 11.0. The van der Waals surface area contributed by atoms with Gasteiger partial charge in [0.2, 0.25) is 0 Å². The number of nitrogens with zero attached hydrogens (tertiary/aromatic N) is 2. The van der Waals surface area contributed by atoms with Crippen molar-refractivity contribution in [3.8, 4) is 11.3 Å². The van der Waals surface area contributed by atoms with Gasteiger partial charge in [-0.15, -0.1) is 0 Å². The summed E-state index contributed by atoms with van der Waals surface area (Å²) < 4.78 is 14.7. The van der Waals surface area contributed by atoms with Gasteiger partial charge in [0.05, 0.1) is 23.0 Å². The van der Waals surface area contributed by atoms with E-state index in [2.05, 4.69) is 5.10 Å². The van der Waals surface area contributed by atoms with Gasteiger partial charge < -0.3 is 5.73 Å². The first-order chi connectivity index (χ1) is 10.1. The molecule has 0 aliphatic rings. The van der Waals surface area contributed by atoms with Crippen molar-refractivity contribution in [1.29, 1.82) is 0 Å². The van der Waals surface area contributed by atoms with Gasteiger partial charge in [-0.05, 0) is 36.4 Å². The number of anilines is 1. The minimum absolute atomic E-state index is 0.00547. The molecule has 0 unspecified atom stereocenters. The third-order valence-corrected chi connectivity index (χ3v) is 3.37. The molecule has 0 bridgehead atoms. The summed E-state index contributed by atoms with van der Waals surface area (Å²) in [7, 11) is 0. The molecular formula is C16H14FN3O. The monoisotopic (exact) mass is 283 g/mol. The minimum Gasteiger partial charge on any atom is -0.397 e. The predicted octanol–water partition coefficient (Wildman–Crippen LogP) is 3.32. The molecule has 0 aliphatic carbocycles. The zero-order valence-electron chi connectivity index (χ0n) is 11.5. The Labute approximate surface area is 121 Å². The zero-order chi connectivity index (χ0) is 15.0. The highest BCUT2D eigenvalue weighted by molar-refractivity contribution is 6.07. The number of halogens is 1. The van der Waals surface area contributed by atoms with E-state index in [1.807, 2.05) is 0 Å². The Balaban J connectivity index is 2.30. The van der Waals surface area contributed by atoms with Crippen LogP contribution in [0.15, 0.2) is 42.6 Å².